The molecule has 0 spiro atoms. The lowest BCUT2D eigenvalue weighted by Gasteiger charge is -2.07. The predicted molar refractivity (Wildman–Crippen MR) is 98.9 cm³/mol. The largest absolute Gasteiger partial charge is 0.478 e. The minimum atomic E-state index is -1.11. The molecule has 4 rings (SSSR count). The van der Waals surface area contributed by atoms with E-state index < -0.39 is 5.97 Å². The van der Waals surface area contributed by atoms with Gasteiger partial charge in [0, 0.05) is 20.8 Å². The molecule has 0 aliphatic carbocycles. The number of nitrogens with zero attached hydrogens (tertiary/aromatic N) is 1. The van der Waals surface area contributed by atoms with E-state index in [4.69, 9.17) is 39.2 Å². The summed E-state index contributed by atoms with van der Waals surface area (Å²) >= 11 is 18.2. The maximum Gasteiger partial charge on any atom is 0.336 e. The zero-order valence-electron chi connectivity index (χ0n) is 12.4. The van der Waals surface area contributed by atoms with Crippen molar-refractivity contribution in [3.63, 3.8) is 0 Å². The van der Waals surface area contributed by atoms with E-state index in [0.717, 1.165) is 5.39 Å². The van der Waals surface area contributed by atoms with Crippen molar-refractivity contribution in [2.75, 3.05) is 0 Å². The van der Waals surface area contributed by atoms with Crippen LogP contribution in [0, 0.1) is 0 Å². The van der Waals surface area contributed by atoms with E-state index in [1.54, 1.807) is 24.3 Å². The maximum absolute atomic E-state index is 11.7. The second-order valence-corrected chi connectivity index (χ2v) is 6.72. The van der Waals surface area contributed by atoms with Crippen molar-refractivity contribution in [2.45, 2.75) is 0 Å². The zero-order chi connectivity index (χ0) is 17.7. The minimum Gasteiger partial charge on any atom is -0.478 e. The topological polar surface area (TPSA) is 63.3 Å². The Morgan fingerprint density at radius 3 is 2.56 bits per heavy atom. The van der Waals surface area contributed by atoms with E-state index in [0.29, 0.717) is 38.0 Å². The van der Waals surface area contributed by atoms with Gasteiger partial charge < -0.3 is 9.52 Å². The molecule has 2 heterocycles. The highest BCUT2D eigenvalue weighted by Gasteiger charge is 2.17. The van der Waals surface area contributed by atoms with Crippen LogP contribution in [0.1, 0.15) is 10.4 Å². The first-order valence-electron chi connectivity index (χ1n) is 7.15. The smallest absolute Gasteiger partial charge is 0.336 e. The van der Waals surface area contributed by atoms with E-state index in [1.165, 1.54) is 18.2 Å². The first-order valence-corrected chi connectivity index (χ1v) is 8.28. The monoisotopic (exact) mass is 391 g/mol. The summed E-state index contributed by atoms with van der Waals surface area (Å²) in [6.07, 6.45) is 0. The number of aromatic nitrogens is 1. The van der Waals surface area contributed by atoms with Crippen LogP contribution in [0.5, 0.6) is 0 Å². The van der Waals surface area contributed by atoms with Gasteiger partial charge in [0.05, 0.1) is 16.1 Å². The molecule has 0 bridgehead atoms. The molecule has 2 aromatic heterocycles. The number of carbonyl (C=O) groups is 1. The molecule has 0 atom stereocenters. The van der Waals surface area contributed by atoms with Gasteiger partial charge in [0.25, 0.3) is 0 Å². The van der Waals surface area contributed by atoms with Gasteiger partial charge in [-0.3, -0.25) is 0 Å². The van der Waals surface area contributed by atoms with Crippen LogP contribution in [-0.2, 0) is 0 Å². The Kier molecular flexibility index (Phi) is 3.84. The summed E-state index contributed by atoms with van der Waals surface area (Å²) in [6, 6.07) is 11.5. The molecule has 0 aliphatic heterocycles. The highest BCUT2D eigenvalue weighted by Crippen LogP contribution is 2.34. The number of carboxylic acid groups (broad SMARTS) is 1. The molecule has 25 heavy (non-hydrogen) atoms. The van der Waals surface area contributed by atoms with Gasteiger partial charge in [-0.15, -0.1) is 0 Å². The molecule has 4 aromatic rings. The Labute approximate surface area is 156 Å². The summed E-state index contributed by atoms with van der Waals surface area (Å²) in [7, 11) is 0. The lowest BCUT2D eigenvalue weighted by molar-refractivity contribution is 0.0699. The standard InChI is InChI=1S/C18H8Cl3NO3/c19-9-1-2-15-8(3-9)4-16(25-15)14-7-12(18(23)24)11-5-10(20)6-13(21)17(11)22-14/h1-7H,(H,23,24). The van der Waals surface area contributed by atoms with Crippen LogP contribution in [0.15, 0.2) is 46.9 Å². The van der Waals surface area contributed by atoms with E-state index in [9.17, 15) is 9.90 Å². The quantitative estimate of drug-likeness (QED) is 0.434. The Morgan fingerprint density at radius 1 is 1.00 bits per heavy atom. The average Bonchev–Trinajstić information content (AvgIpc) is 2.96. The summed E-state index contributed by atoms with van der Waals surface area (Å²) in [6.45, 7) is 0. The van der Waals surface area contributed by atoms with Crippen LogP contribution >= 0.6 is 34.8 Å². The van der Waals surface area contributed by atoms with Crippen molar-refractivity contribution in [2.24, 2.45) is 0 Å². The van der Waals surface area contributed by atoms with Gasteiger partial charge in [-0.25, -0.2) is 9.78 Å². The molecule has 4 nitrogen and oxygen atoms in total. The third-order valence-corrected chi connectivity index (χ3v) is 4.53. The third kappa shape index (κ3) is 2.82. The normalized spacial score (nSPS) is 11.3. The number of furan rings is 1. The maximum atomic E-state index is 11.7. The molecule has 0 radical (unpaired) electrons. The third-order valence-electron chi connectivity index (χ3n) is 3.79. The Morgan fingerprint density at radius 2 is 1.80 bits per heavy atom. The summed E-state index contributed by atoms with van der Waals surface area (Å²) in [5.74, 6) is -0.682. The number of halogens is 3. The van der Waals surface area contributed by atoms with E-state index >= 15 is 0 Å². The Hall–Kier alpha value is -2.27. The van der Waals surface area contributed by atoms with E-state index in [1.807, 2.05) is 0 Å². The fourth-order valence-electron chi connectivity index (χ4n) is 2.70. The van der Waals surface area contributed by atoms with Crippen LogP contribution in [0.4, 0.5) is 0 Å². The predicted octanol–water partition coefficient (Wildman–Crippen LogP) is 6.31. The molecule has 0 saturated heterocycles. The zero-order valence-corrected chi connectivity index (χ0v) is 14.7. The van der Waals surface area contributed by atoms with Crippen LogP contribution in [-0.4, -0.2) is 16.1 Å². The number of rotatable bonds is 2. The van der Waals surface area contributed by atoms with Crippen molar-refractivity contribution in [3.05, 3.63) is 63.1 Å². The summed E-state index contributed by atoms with van der Waals surface area (Å²) in [5.41, 5.74) is 1.38. The molecular weight excluding hydrogens is 385 g/mol. The Bertz CT molecular complexity index is 1170. The lowest BCUT2D eigenvalue weighted by Crippen LogP contribution is -2.00. The van der Waals surface area contributed by atoms with Gasteiger partial charge in [0.2, 0.25) is 0 Å². The first kappa shape index (κ1) is 16.2. The van der Waals surface area contributed by atoms with Crippen molar-refractivity contribution < 1.29 is 14.3 Å². The fourth-order valence-corrected chi connectivity index (χ4v) is 3.41. The highest BCUT2D eigenvalue weighted by atomic mass is 35.5. The van der Waals surface area contributed by atoms with Crippen molar-refractivity contribution in [1.82, 2.24) is 4.98 Å². The molecule has 1 N–H and O–H groups in total. The van der Waals surface area contributed by atoms with Crippen molar-refractivity contribution in [3.8, 4) is 11.5 Å². The number of aromatic carboxylic acids is 1. The van der Waals surface area contributed by atoms with Crippen LogP contribution in [0.3, 0.4) is 0 Å². The molecule has 0 unspecified atom stereocenters. The average molecular weight is 393 g/mol. The fraction of sp³-hybridized carbons (Fsp3) is 0. The number of benzene rings is 2. The minimum absolute atomic E-state index is 0.0443. The second-order valence-electron chi connectivity index (χ2n) is 5.44. The van der Waals surface area contributed by atoms with Gasteiger partial charge in [-0.1, -0.05) is 34.8 Å². The van der Waals surface area contributed by atoms with Gasteiger partial charge in [-0.2, -0.15) is 0 Å². The van der Waals surface area contributed by atoms with Crippen LogP contribution in [0.25, 0.3) is 33.3 Å². The van der Waals surface area contributed by atoms with Crippen LogP contribution < -0.4 is 0 Å². The lowest BCUT2D eigenvalue weighted by atomic mass is 10.1. The number of fused-ring (bicyclic) bond motifs is 2. The summed E-state index contributed by atoms with van der Waals surface area (Å²) in [4.78, 5) is 16.1. The molecule has 0 fully saturated rings. The summed E-state index contributed by atoms with van der Waals surface area (Å²) in [5, 5.41) is 11.9. The SMILES string of the molecule is O=C(O)c1cc(-c2cc3cc(Cl)ccc3o2)nc2c(Cl)cc(Cl)cc12. The van der Waals surface area contributed by atoms with E-state index in [2.05, 4.69) is 4.98 Å². The van der Waals surface area contributed by atoms with Crippen molar-refractivity contribution in [1.29, 1.82) is 0 Å². The number of hydrogen-bond acceptors (Lipinski definition) is 3. The van der Waals surface area contributed by atoms with Gasteiger partial charge in [-0.05, 0) is 42.5 Å². The highest BCUT2D eigenvalue weighted by molar-refractivity contribution is 6.38. The molecule has 0 amide bonds. The van der Waals surface area contributed by atoms with Gasteiger partial charge >= 0.3 is 5.97 Å². The molecule has 0 aliphatic rings. The Balaban J connectivity index is 2.02. The van der Waals surface area contributed by atoms with Gasteiger partial charge in [0.1, 0.15) is 11.3 Å². The molecule has 124 valence electrons. The van der Waals surface area contributed by atoms with Gasteiger partial charge in [0.15, 0.2) is 5.76 Å². The van der Waals surface area contributed by atoms with Crippen molar-refractivity contribution >= 4 is 62.6 Å². The van der Waals surface area contributed by atoms with Crippen LogP contribution in [0.2, 0.25) is 15.1 Å². The molecule has 0 saturated carbocycles. The molecular formula is C18H8Cl3NO3. The number of pyridine rings is 1. The summed E-state index contributed by atoms with van der Waals surface area (Å²) < 4.78 is 5.77. The first-order chi connectivity index (χ1) is 11.9. The molecule has 2 aromatic carbocycles. The number of carboxylic acids is 1. The van der Waals surface area contributed by atoms with E-state index in [-0.39, 0.29) is 10.6 Å². The molecule has 7 heteroatoms. The second kappa shape index (κ2) is 5.92. The number of hydrogen-bond donors (Lipinski definition) is 1.